The number of fused-ring (bicyclic) bond motifs is 1. The van der Waals surface area contributed by atoms with Gasteiger partial charge in [0, 0.05) is 11.1 Å². The lowest BCUT2D eigenvalue weighted by atomic mass is 9.76. The minimum absolute atomic E-state index is 0.0439. The fraction of sp³-hybridized carbons (Fsp3) is 0.160. The second-order valence-corrected chi connectivity index (χ2v) is 7.20. The summed E-state index contributed by atoms with van der Waals surface area (Å²) in [5.74, 6) is 0.219. The molecule has 0 unspecified atom stereocenters. The largest absolute Gasteiger partial charge is 0.484 e. The van der Waals surface area contributed by atoms with Gasteiger partial charge in [-0.25, -0.2) is 0 Å². The van der Waals surface area contributed by atoms with Crippen LogP contribution in [0.5, 0.6) is 0 Å². The molecular formula is C25H20O3. The lowest BCUT2D eigenvalue weighted by Gasteiger charge is -2.36. The Labute approximate surface area is 164 Å². The first-order chi connectivity index (χ1) is 13.8. The van der Waals surface area contributed by atoms with E-state index in [0.717, 1.165) is 28.0 Å². The number of hydrogen-bond donors (Lipinski definition) is 0. The molecule has 0 amide bonds. The molecule has 2 heterocycles. The number of esters is 1. The van der Waals surface area contributed by atoms with Gasteiger partial charge in [0.2, 0.25) is 0 Å². The standard InChI is InChI=1S/C25H20O3/c26-25-22-20(16-27-25)23(18-12-6-2-7-13-18)28-24(19-14-8-3-9-15-19)21(22)17-10-4-1-5-11-17/h1-15,20,22-23H,16H2/t20-,22+,23+/m1/s1. The normalized spacial score (nSPS) is 23.7. The van der Waals surface area contributed by atoms with Gasteiger partial charge in [0.25, 0.3) is 0 Å². The minimum atomic E-state index is -0.337. The van der Waals surface area contributed by atoms with E-state index in [4.69, 9.17) is 9.47 Å². The molecule has 0 spiro atoms. The van der Waals surface area contributed by atoms with Gasteiger partial charge in [-0.2, -0.15) is 0 Å². The van der Waals surface area contributed by atoms with Crippen LogP contribution in [-0.4, -0.2) is 12.6 Å². The van der Waals surface area contributed by atoms with E-state index in [1.165, 1.54) is 0 Å². The molecule has 5 rings (SSSR count). The summed E-state index contributed by atoms with van der Waals surface area (Å²) in [6, 6.07) is 30.2. The quantitative estimate of drug-likeness (QED) is 0.602. The number of carbonyl (C=O) groups is 1. The Hall–Kier alpha value is -3.33. The molecule has 28 heavy (non-hydrogen) atoms. The van der Waals surface area contributed by atoms with Crippen LogP contribution in [0.1, 0.15) is 22.8 Å². The Morgan fingerprint density at radius 2 is 1.29 bits per heavy atom. The van der Waals surface area contributed by atoms with Gasteiger partial charge >= 0.3 is 5.97 Å². The molecule has 2 aliphatic heterocycles. The van der Waals surface area contributed by atoms with Crippen molar-refractivity contribution in [2.75, 3.05) is 6.61 Å². The molecule has 0 saturated carbocycles. The predicted molar refractivity (Wildman–Crippen MR) is 108 cm³/mol. The van der Waals surface area contributed by atoms with Gasteiger partial charge in [0.1, 0.15) is 11.9 Å². The number of hydrogen-bond acceptors (Lipinski definition) is 3. The lowest BCUT2D eigenvalue weighted by Crippen LogP contribution is -2.30. The van der Waals surface area contributed by atoms with Crippen molar-refractivity contribution in [2.45, 2.75) is 6.10 Å². The average Bonchev–Trinajstić information content (AvgIpc) is 3.16. The zero-order valence-corrected chi connectivity index (χ0v) is 15.3. The first-order valence-electron chi connectivity index (χ1n) is 9.56. The van der Waals surface area contributed by atoms with Crippen LogP contribution >= 0.6 is 0 Å². The number of benzene rings is 3. The highest BCUT2D eigenvalue weighted by Crippen LogP contribution is 2.51. The lowest BCUT2D eigenvalue weighted by molar-refractivity contribution is -0.139. The topological polar surface area (TPSA) is 35.5 Å². The van der Waals surface area contributed by atoms with Crippen LogP contribution in [-0.2, 0) is 14.3 Å². The van der Waals surface area contributed by atoms with Crippen molar-refractivity contribution in [3.05, 3.63) is 108 Å². The SMILES string of the molecule is O=C1OC[C@@H]2[C@H]1C(c1ccccc1)=C(c1ccccc1)O[C@H]2c1ccccc1. The van der Waals surface area contributed by atoms with E-state index in [2.05, 4.69) is 12.1 Å². The Kier molecular flexibility index (Phi) is 4.21. The molecular weight excluding hydrogens is 348 g/mol. The molecule has 0 aromatic heterocycles. The molecule has 1 saturated heterocycles. The van der Waals surface area contributed by atoms with Gasteiger partial charge in [-0.1, -0.05) is 91.0 Å². The highest BCUT2D eigenvalue weighted by Gasteiger charge is 2.50. The Morgan fingerprint density at radius 3 is 1.93 bits per heavy atom. The maximum absolute atomic E-state index is 12.8. The van der Waals surface area contributed by atoms with Crippen molar-refractivity contribution in [3.8, 4) is 0 Å². The van der Waals surface area contributed by atoms with Crippen molar-refractivity contribution >= 4 is 17.3 Å². The predicted octanol–water partition coefficient (Wildman–Crippen LogP) is 5.12. The van der Waals surface area contributed by atoms with Crippen molar-refractivity contribution in [2.24, 2.45) is 11.8 Å². The third-order valence-electron chi connectivity index (χ3n) is 5.54. The first kappa shape index (κ1) is 16.8. The Bertz CT molecular complexity index is 1010. The maximum Gasteiger partial charge on any atom is 0.314 e. The molecule has 0 bridgehead atoms. The number of carbonyl (C=O) groups excluding carboxylic acids is 1. The fourth-order valence-corrected chi connectivity index (χ4v) is 4.25. The van der Waals surface area contributed by atoms with E-state index in [0.29, 0.717) is 6.61 Å². The van der Waals surface area contributed by atoms with Crippen molar-refractivity contribution in [3.63, 3.8) is 0 Å². The van der Waals surface area contributed by atoms with Crippen molar-refractivity contribution in [1.29, 1.82) is 0 Å². The molecule has 3 aromatic rings. The highest BCUT2D eigenvalue weighted by atomic mass is 16.5. The first-order valence-corrected chi connectivity index (χ1v) is 9.56. The summed E-state index contributed by atoms with van der Waals surface area (Å²) in [4.78, 5) is 12.8. The second kappa shape index (κ2) is 7.01. The number of cyclic esters (lactones) is 1. The molecule has 3 nitrogen and oxygen atoms in total. The van der Waals surface area contributed by atoms with E-state index < -0.39 is 0 Å². The molecule has 138 valence electrons. The van der Waals surface area contributed by atoms with Gasteiger partial charge in [-0.3, -0.25) is 4.79 Å². The van der Waals surface area contributed by atoms with E-state index in [9.17, 15) is 4.79 Å². The highest BCUT2D eigenvalue weighted by molar-refractivity contribution is 6.00. The van der Waals surface area contributed by atoms with E-state index in [1.807, 2.05) is 78.9 Å². The third-order valence-corrected chi connectivity index (χ3v) is 5.54. The summed E-state index contributed by atoms with van der Waals surface area (Å²) in [6.45, 7) is 0.376. The molecule has 2 aliphatic rings. The number of rotatable bonds is 3. The zero-order chi connectivity index (χ0) is 18.9. The summed E-state index contributed by atoms with van der Waals surface area (Å²) in [5, 5.41) is 0. The van der Waals surface area contributed by atoms with Gasteiger partial charge in [0.15, 0.2) is 0 Å². The monoisotopic (exact) mass is 368 g/mol. The molecule has 1 fully saturated rings. The van der Waals surface area contributed by atoms with E-state index >= 15 is 0 Å². The van der Waals surface area contributed by atoms with Crippen LogP contribution in [0.2, 0.25) is 0 Å². The van der Waals surface area contributed by atoms with Gasteiger partial charge < -0.3 is 9.47 Å². The molecule has 3 heteroatoms. The molecule has 0 N–H and O–H groups in total. The Morgan fingerprint density at radius 1 is 0.714 bits per heavy atom. The average molecular weight is 368 g/mol. The summed E-state index contributed by atoms with van der Waals surface area (Å²) >= 11 is 0. The van der Waals surface area contributed by atoms with Crippen LogP contribution < -0.4 is 0 Å². The van der Waals surface area contributed by atoms with Crippen LogP contribution in [0.15, 0.2) is 91.0 Å². The van der Waals surface area contributed by atoms with Crippen LogP contribution in [0.25, 0.3) is 11.3 Å². The maximum atomic E-state index is 12.8. The van der Waals surface area contributed by atoms with Crippen LogP contribution in [0.3, 0.4) is 0 Å². The van der Waals surface area contributed by atoms with Gasteiger partial charge in [0.05, 0.1) is 18.4 Å². The summed E-state index contributed by atoms with van der Waals surface area (Å²) < 4.78 is 12.2. The summed E-state index contributed by atoms with van der Waals surface area (Å²) in [5.41, 5.74) is 3.96. The van der Waals surface area contributed by atoms with Gasteiger partial charge in [-0.05, 0) is 11.1 Å². The number of ether oxygens (including phenoxy) is 2. The second-order valence-electron chi connectivity index (χ2n) is 7.20. The van der Waals surface area contributed by atoms with Crippen molar-refractivity contribution in [1.82, 2.24) is 0 Å². The van der Waals surface area contributed by atoms with Crippen LogP contribution in [0.4, 0.5) is 0 Å². The third kappa shape index (κ3) is 2.80. The summed E-state index contributed by atoms with van der Waals surface area (Å²) in [7, 11) is 0. The fourth-order valence-electron chi connectivity index (χ4n) is 4.25. The summed E-state index contributed by atoms with van der Waals surface area (Å²) in [6.07, 6.45) is -0.222. The molecule has 3 aromatic carbocycles. The molecule has 3 atom stereocenters. The molecule has 0 aliphatic carbocycles. The minimum Gasteiger partial charge on any atom is -0.484 e. The van der Waals surface area contributed by atoms with Crippen LogP contribution in [0, 0.1) is 11.8 Å². The Balaban J connectivity index is 1.73. The zero-order valence-electron chi connectivity index (χ0n) is 15.3. The van der Waals surface area contributed by atoms with Crippen molar-refractivity contribution < 1.29 is 14.3 Å². The van der Waals surface area contributed by atoms with E-state index in [-0.39, 0.29) is 23.9 Å². The molecule has 0 radical (unpaired) electrons. The smallest absolute Gasteiger partial charge is 0.314 e. The van der Waals surface area contributed by atoms with E-state index in [1.54, 1.807) is 0 Å². The van der Waals surface area contributed by atoms with Gasteiger partial charge in [-0.15, -0.1) is 0 Å².